The van der Waals surface area contributed by atoms with Crippen molar-refractivity contribution < 1.29 is 9.90 Å². The highest BCUT2D eigenvalue weighted by atomic mass is 16.4. The van der Waals surface area contributed by atoms with E-state index in [9.17, 15) is 9.90 Å². The quantitative estimate of drug-likeness (QED) is 0.789. The van der Waals surface area contributed by atoms with Crippen LogP contribution < -0.4 is 5.32 Å². The Hall–Kier alpha value is -1.42. The molecule has 0 bridgehead atoms. The van der Waals surface area contributed by atoms with E-state index < -0.39 is 12.0 Å². The number of carboxylic acid groups (broad SMARTS) is 1. The van der Waals surface area contributed by atoms with Gasteiger partial charge in [-0.1, -0.05) is 0 Å². The Kier molecular flexibility index (Phi) is 3.19. The van der Waals surface area contributed by atoms with Gasteiger partial charge in [0.2, 0.25) is 0 Å². The molecule has 4 heteroatoms. The standard InChI is InChI=1S/C12H16N2O2/c1-8-4-5-13-7-10(8)11(12(15)16)14-6-9-2-3-9/h4-5,7,9,11,14H,2-3,6H2,1H3,(H,15,16). The molecule has 1 unspecified atom stereocenters. The Morgan fingerprint density at radius 3 is 3.00 bits per heavy atom. The minimum atomic E-state index is -0.836. The highest BCUT2D eigenvalue weighted by Gasteiger charge is 2.26. The second-order valence-electron chi connectivity index (χ2n) is 4.36. The third kappa shape index (κ3) is 2.58. The van der Waals surface area contributed by atoms with Gasteiger partial charge in [-0.15, -0.1) is 0 Å². The van der Waals surface area contributed by atoms with Crippen LogP contribution in [0, 0.1) is 12.8 Å². The highest BCUT2D eigenvalue weighted by Crippen LogP contribution is 2.28. The lowest BCUT2D eigenvalue weighted by atomic mass is 10.0. The molecule has 0 spiro atoms. The first-order valence-electron chi connectivity index (χ1n) is 5.55. The number of pyridine rings is 1. The summed E-state index contributed by atoms with van der Waals surface area (Å²) in [6, 6.07) is 1.21. The molecule has 1 saturated carbocycles. The van der Waals surface area contributed by atoms with Gasteiger partial charge < -0.3 is 10.4 Å². The molecule has 1 heterocycles. The van der Waals surface area contributed by atoms with Gasteiger partial charge in [0.25, 0.3) is 0 Å². The minimum absolute atomic E-state index is 0.630. The fourth-order valence-electron chi connectivity index (χ4n) is 1.72. The highest BCUT2D eigenvalue weighted by molar-refractivity contribution is 5.75. The molecule has 1 aliphatic rings. The Bertz CT molecular complexity index is 388. The van der Waals surface area contributed by atoms with E-state index in [1.54, 1.807) is 12.4 Å². The predicted octanol–water partition coefficient (Wildman–Crippen LogP) is 1.52. The van der Waals surface area contributed by atoms with Gasteiger partial charge in [-0.2, -0.15) is 0 Å². The molecule has 0 amide bonds. The van der Waals surface area contributed by atoms with Crippen molar-refractivity contribution in [2.45, 2.75) is 25.8 Å². The number of hydrogen-bond donors (Lipinski definition) is 2. The van der Waals surface area contributed by atoms with Crippen molar-refractivity contribution in [1.29, 1.82) is 0 Å². The molecule has 2 rings (SSSR count). The number of carboxylic acids is 1. The van der Waals surface area contributed by atoms with E-state index in [4.69, 9.17) is 0 Å². The smallest absolute Gasteiger partial charge is 0.325 e. The van der Waals surface area contributed by atoms with Gasteiger partial charge >= 0.3 is 5.97 Å². The predicted molar refractivity (Wildman–Crippen MR) is 60.1 cm³/mol. The number of nitrogens with zero attached hydrogens (tertiary/aromatic N) is 1. The summed E-state index contributed by atoms with van der Waals surface area (Å²) in [4.78, 5) is 15.2. The SMILES string of the molecule is Cc1ccncc1C(NCC1CC1)C(=O)O. The van der Waals surface area contributed by atoms with Crippen molar-refractivity contribution in [1.82, 2.24) is 10.3 Å². The van der Waals surface area contributed by atoms with E-state index in [0.29, 0.717) is 5.92 Å². The van der Waals surface area contributed by atoms with Crippen molar-refractivity contribution >= 4 is 5.97 Å². The fourth-order valence-corrected chi connectivity index (χ4v) is 1.72. The molecule has 4 nitrogen and oxygen atoms in total. The lowest BCUT2D eigenvalue weighted by Crippen LogP contribution is -2.30. The van der Waals surface area contributed by atoms with Crippen LogP contribution in [0.5, 0.6) is 0 Å². The summed E-state index contributed by atoms with van der Waals surface area (Å²) >= 11 is 0. The van der Waals surface area contributed by atoms with Gasteiger partial charge in [0.15, 0.2) is 0 Å². The third-order valence-corrected chi connectivity index (χ3v) is 2.95. The van der Waals surface area contributed by atoms with Crippen molar-refractivity contribution in [2.24, 2.45) is 5.92 Å². The van der Waals surface area contributed by atoms with Crippen LogP contribution in [0.4, 0.5) is 0 Å². The molecular formula is C12H16N2O2. The van der Waals surface area contributed by atoms with Crippen LogP contribution in [0.15, 0.2) is 18.5 Å². The summed E-state index contributed by atoms with van der Waals surface area (Å²) in [5, 5.41) is 12.3. The summed E-state index contributed by atoms with van der Waals surface area (Å²) < 4.78 is 0. The average molecular weight is 220 g/mol. The molecule has 1 aromatic rings. The van der Waals surface area contributed by atoms with E-state index in [1.807, 2.05) is 13.0 Å². The first-order chi connectivity index (χ1) is 7.68. The number of nitrogens with one attached hydrogen (secondary N) is 1. The van der Waals surface area contributed by atoms with Gasteiger partial charge in [0.05, 0.1) is 0 Å². The number of aromatic nitrogens is 1. The summed E-state index contributed by atoms with van der Waals surface area (Å²) in [6.07, 6.45) is 5.74. The van der Waals surface area contributed by atoms with Crippen LogP contribution >= 0.6 is 0 Å². The van der Waals surface area contributed by atoms with Gasteiger partial charge in [-0.05, 0) is 43.9 Å². The third-order valence-electron chi connectivity index (χ3n) is 2.95. The molecule has 16 heavy (non-hydrogen) atoms. The fraction of sp³-hybridized carbons (Fsp3) is 0.500. The molecule has 1 aromatic heterocycles. The monoisotopic (exact) mass is 220 g/mol. The molecule has 1 aliphatic carbocycles. The summed E-state index contributed by atoms with van der Waals surface area (Å²) in [5.41, 5.74) is 1.72. The molecule has 0 aromatic carbocycles. The van der Waals surface area contributed by atoms with E-state index in [-0.39, 0.29) is 0 Å². The maximum Gasteiger partial charge on any atom is 0.325 e. The zero-order chi connectivity index (χ0) is 11.5. The summed E-state index contributed by atoms with van der Waals surface area (Å²) in [5.74, 6) is -0.171. The van der Waals surface area contributed by atoms with Crippen molar-refractivity contribution in [3.05, 3.63) is 29.6 Å². The number of aliphatic carboxylic acids is 1. The van der Waals surface area contributed by atoms with Gasteiger partial charge in [-0.3, -0.25) is 9.78 Å². The maximum atomic E-state index is 11.2. The van der Waals surface area contributed by atoms with E-state index in [1.165, 1.54) is 12.8 Å². The minimum Gasteiger partial charge on any atom is -0.480 e. The normalized spacial score (nSPS) is 17.1. The Morgan fingerprint density at radius 2 is 2.44 bits per heavy atom. The van der Waals surface area contributed by atoms with Crippen LogP contribution in [0.1, 0.15) is 30.0 Å². The second-order valence-corrected chi connectivity index (χ2v) is 4.36. The lowest BCUT2D eigenvalue weighted by Gasteiger charge is -2.16. The Labute approximate surface area is 94.7 Å². The van der Waals surface area contributed by atoms with Gasteiger partial charge in [0.1, 0.15) is 6.04 Å². The second kappa shape index (κ2) is 4.61. The Morgan fingerprint density at radius 1 is 1.69 bits per heavy atom. The van der Waals surface area contributed by atoms with Crippen LogP contribution in [-0.2, 0) is 4.79 Å². The van der Waals surface area contributed by atoms with E-state index >= 15 is 0 Å². The molecule has 86 valence electrons. The molecular weight excluding hydrogens is 204 g/mol. The molecule has 0 aliphatic heterocycles. The number of aryl methyl sites for hydroxylation is 1. The number of carbonyl (C=O) groups is 1. The van der Waals surface area contributed by atoms with E-state index in [0.717, 1.165) is 17.7 Å². The first kappa shape index (κ1) is 11.1. The Balaban J connectivity index is 2.11. The largest absolute Gasteiger partial charge is 0.480 e. The summed E-state index contributed by atoms with van der Waals surface area (Å²) in [6.45, 7) is 2.69. The van der Waals surface area contributed by atoms with Gasteiger partial charge in [0, 0.05) is 18.0 Å². The van der Waals surface area contributed by atoms with Crippen molar-refractivity contribution in [3.8, 4) is 0 Å². The van der Waals surface area contributed by atoms with Crippen molar-refractivity contribution in [3.63, 3.8) is 0 Å². The van der Waals surface area contributed by atoms with Crippen LogP contribution in [-0.4, -0.2) is 22.6 Å². The molecule has 1 atom stereocenters. The molecule has 0 saturated heterocycles. The molecule has 2 N–H and O–H groups in total. The van der Waals surface area contributed by atoms with Gasteiger partial charge in [-0.25, -0.2) is 0 Å². The lowest BCUT2D eigenvalue weighted by molar-refractivity contribution is -0.139. The van der Waals surface area contributed by atoms with Crippen LogP contribution in [0.2, 0.25) is 0 Å². The first-order valence-corrected chi connectivity index (χ1v) is 5.55. The van der Waals surface area contributed by atoms with Crippen molar-refractivity contribution in [2.75, 3.05) is 6.54 Å². The number of hydrogen-bond acceptors (Lipinski definition) is 3. The van der Waals surface area contributed by atoms with E-state index in [2.05, 4.69) is 10.3 Å². The zero-order valence-electron chi connectivity index (χ0n) is 9.31. The average Bonchev–Trinajstić information content (AvgIpc) is 3.04. The summed E-state index contributed by atoms with van der Waals surface area (Å²) in [7, 11) is 0. The molecule has 0 radical (unpaired) electrons. The number of rotatable bonds is 5. The topological polar surface area (TPSA) is 62.2 Å². The van der Waals surface area contributed by atoms with Crippen LogP contribution in [0.3, 0.4) is 0 Å². The zero-order valence-corrected chi connectivity index (χ0v) is 9.31. The maximum absolute atomic E-state index is 11.2. The van der Waals surface area contributed by atoms with Crippen LogP contribution in [0.25, 0.3) is 0 Å². The molecule has 1 fully saturated rings.